The van der Waals surface area contributed by atoms with E-state index in [1.807, 2.05) is 0 Å². The van der Waals surface area contributed by atoms with Crippen LogP contribution in [0.25, 0.3) is 0 Å². The van der Waals surface area contributed by atoms with Crippen molar-refractivity contribution in [2.24, 2.45) is 5.10 Å². The summed E-state index contributed by atoms with van der Waals surface area (Å²) in [6.45, 7) is 0. The predicted octanol–water partition coefficient (Wildman–Crippen LogP) is 2.34. The number of phenolic OH excluding ortho intramolecular Hbond substituents is 1. The first-order valence-electron chi connectivity index (χ1n) is 4.23. The highest BCUT2D eigenvalue weighted by Gasteiger charge is 2.04. The Morgan fingerprint density at radius 1 is 1.44 bits per heavy atom. The van der Waals surface area contributed by atoms with Crippen molar-refractivity contribution in [2.75, 3.05) is 7.05 Å². The lowest BCUT2D eigenvalue weighted by atomic mass is 10.2. The standard InChI is InChI=1S/C9H9Br2N3OS/c1-12-9(16)14-13-4-5-2-6(10)8(15)7(11)3-5/h2-4,15H,1H3,(H2,12,14,16)/b13-4-. The van der Waals surface area contributed by atoms with Crippen LogP contribution in [0.4, 0.5) is 0 Å². The lowest BCUT2D eigenvalue weighted by molar-refractivity contribution is 0.468. The van der Waals surface area contributed by atoms with Crippen molar-refractivity contribution in [1.82, 2.24) is 10.7 Å². The maximum Gasteiger partial charge on any atom is 0.186 e. The number of nitrogens with zero attached hydrogens (tertiary/aromatic N) is 1. The normalized spacial score (nSPS) is 10.4. The highest BCUT2D eigenvalue weighted by Crippen LogP contribution is 2.32. The van der Waals surface area contributed by atoms with Crippen LogP contribution in [-0.4, -0.2) is 23.5 Å². The molecule has 1 rings (SSSR count). The van der Waals surface area contributed by atoms with E-state index in [0.717, 1.165) is 5.56 Å². The highest BCUT2D eigenvalue weighted by atomic mass is 79.9. The first-order valence-corrected chi connectivity index (χ1v) is 6.23. The fourth-order valence-electron chi connectivity index (χ4n) is 0.881. The Morgan fingerprint density at radius 2 is 2.00 bits per heavy atom. The van der Waals surface area contributed by atoms with Crippen molar-refractivity contribution in [3.63, 3.8) is 0 Å². The number of thiocarbonyl (C=S) groups is 1. The fraction of sp³-hybridized carbons (Fsp3) is 0.111. The Labute approximate surface area is 115 Å². The molecule has 0 saturated carbocycles. The summed E-state index contributed by atoms with van der Waals surface area (Å²) in [5, 5.41) is 16.6. The Morgan fingerprint density at radius 3 is 2.50 bits per heavy atom. The van der Waals surface area contributed by atoms with Crippen molar-refractivity contribution in [1.29, 1.82) is 0 Å². The smallest absolute Gasteiger partial charge is 0.186 e. The fourth-order valence-corrected chi connectivity index (χ4v) is 2.16. The van der Waals surface area contributed by atoms with Crippen LogP contribution >= 0.6 is 44.1 Å². The van der Waals surface area contributed by atoms with Gasteiger partial charge in [0.1, 0.15) is 5.75 Å². The van der Waals surface area contributed by atoms with E-state index in [2.05, 4.69) is 47.7 Å². The molecule has 0 aliphatic carbocycles. The highest BCUT2D eigenvalue weighted by molar-refractivity contribution is 9.11. The Balaban J connectivity index is 2.78. The molecule has 0 fully saturated rings. The summed E-state index contributed by atoms with van der Waals surface area (Å²) in [6.07, 6.45) is 1.60. The van der Waals surface area contributed by atoms with Gasteiger partial charge in [0.25, 0.3) is 0 Å². The monoisotopic (exact) mass is 365 g/mol. The summed E-state index contributed by atoms with van der Waals surface area (Å²) in [7, 11) is 1.71. The molecule has 1 aromatic rings. The summed E-state index contributed by atoms with van der Waals surface area (Å²) >= 11 is 11.3. The molecule has 0 heterocycles. The molecule has 0 spiro atoms. The zero-order chi connectivity index (χ0) is 12.1. The molecule has 86 valence electrons. The minimum absolute atomic E-state index is 0.163. The summed E-state index contributed by atoms with van der Waals surface area (Å²) in [4.78, 5) is 0. The van der Waals surface area contributed by atoms with E-state index in [4.69, 9.17) is 12.2 Å². The third kappa shape index (κ3) is 3.73. The minimum Gasteiger partial charge on any atom is -0.506 e. The SMILES string of the molecule is CNC(=S)N/N=C\c1cc(Br)c(O)c(Br)c1. The van der Waals surface area contributed by atoms with E-state index in [1.54, 1.807) is 25.4 Å². The molecule has 4 nitrogen and oxygen atoms in total. The van der Waals surface area contributed by atoms with Gasteiger partial charge in [0.15, 0.2) is 5.11 Å². The van der Waals surface area contributed by atoms with Gasteiger partial charge in [-0.05, 0) is 61.8 Å². The molecule has 0 bridgehead atoms. The maximum atomic E-state index is 9.50. The molecule has 16 heavy (non-hydrogen) atoms. The second-order valence-electron chi connectivity index (χ2n) is 2.78. The van der Waals surface area contributed by atoms with Crippen LogP contribution in [0.3, 0.4) is 0 Å². The molecule has 0 aromatic heterocycles. The van der Waals surface area contributed by atoms with Crippen molar-refractivity contribution in [3.05, 3.63) is 26.6 Å². The quantitative estimate of drug-likeness (QED) is 0.427. The summed E-state index contributed by atoms with van der Waals surface area (Å²) in [5.74, 6) is 0.163. The molecule has 3 N–H and O–H groups in total. The van der Waals surface area contributed by atoms with Crippen molar-refractivity contribution >= 4 is 55.4 Å². The summed E-state index contributed by atoms with van der Waals surface area (Å²) in [6, 6.07) is 3.49. The van der Waals surface area contributed by atoms with Gasteiger partial charge in [-0.3, -0.25) is 5.43 Å². The van der Waals surface area contributed by atoms with Gasteiger partial charge in [-0.15, -0.1) is 0 Å². The molecule has 7 heteroatoms. The molecule has 0 atom stereocenters. The number of hydrogen-bond acceptors (Lipinski definition) is 3. The van der Waals surface area contributed by atoms with Crippen LogP contribution in [0.15, 0.2) is 26.2 Å². The lowest BCUT2D eigenvalue weighted by Gasteiger charge is -2.02. The maximum absolute atomic E-state index is 9.50. The van der Waals surface area contributed by atoms with Crippen LogP contribution < -0.4 is 10.7 Å². The summed E-state index contributed by atoms with van der Waals surface area (Å²) < 4.78 is 1.19. The van der Waals surface area contributed by atoms with Crippen LogP contribution in [0.5, 0.6) is 5.75 Å². The van der Waals surface area contributed by atoms with Crippen LogP contribution in [0.1, 0.15) is 5.56 Å². The van der Waals surface area contributed by atoms with Gasteiger partial charge >= 0.3 is 0 Å². The number of aromatic hydroxyl groups is 1. The third-order valence-electron chi connectivity index (χ3n) is 1.65. The molecule has 0 radical (unpaired) electrons. The topological polar surface area (TPSA) is 56.7 Å². The van der Waals surface area contributed by atoms with Gasteiger partial charge in [-0.1, -0.05) is 0 Å². The predicted molar refractivity (Wildman–Crippen MR) is 75.9 cm³/mol. The van der Waals surface area contributed by atoms with E-state index < -0.39 is 0 Å². The van der Waals surface area contributed by atoms with Gasteiger partial charge in [-0.2, -0.15) is 5.10 Å². The van der Waals surface area contributed by atoms with Crippen molar-refractivity contribution in [3.8, 4) is 5.75 Å². The van der Waals surface area contributed by atoms with E-state index in [0.29, 0.717) is 14.1 Å². The summed E-state index contributed by atoms with van der Waals surface area (Å²) in [5.41, 5.74) is 3.45. The minimum atomic E-state index is 0.163. The second-order valence-corrected chi connectivity index (χ2v) is 4.90. The number of halogens is 2. The Hall–Kier alpha value is -0.660. The molecule has 0 saturated heterocycles. The van der Waals surface area contributed by atoms with E-state index in [1.165, 1.54) is 0 Å². The first-order chi connectivity index (χ1) is 7.54. The molecule has 0 aliphatic heterocycles. The third-order valence-corrected chi connectivity index (χ3v) is 3.15. The van der Waals surface area contributed by atoms with E-state index >= 15 is 0 Å². The second kappa shape index (κ2) is 6.17. The van der Waals surface area contributed by atoms with Gasteiger partial charge < -0.3 is 10.4 Å². The molecular formula is C9H9Br2N3OS. The number of rotatable bonds is 2. The van der Waals surface area contributed by atoms with Crippen LogP contribution in [0, 0.1) is 0 Å². The van der Waals surface area contributed by atoms with E-state index in [-0.39, 0.29) is 5.75 Å². The van der Waals surface area contributed by atoms with E-state index in [9.17, 15) is 5.11 Å². The number of hydrazone groups is 1. The number of phenols is 1. The number of nitrogens with one attached hydrogen (secondary N) is 2. The first kappa shape index (κ1) is 13.4. The molecule has 1 aromatic carbocycles. The largest absolute Gasteiger partial charge is 0.506 e. The molecule has 0 amide bonds. The van der Waals surface area contributed by atoms with Gasteiger partial charge in [0.2, 0.25) is 0 Å². The molecular weight excluding hydrogens is 358 g/mol. The Kier molecular flexibility index (Phi) is 5.17. The Bertz CT molecular complexity index is 414. The zero-order valence-electron chi connectivity index (χ0n) is 8.29. The average Bonchev–Trinajstić information content (AvgIpc) is 2.25. The van der Waals surface area contributed by atoms with Crippen LogP contribution in [0.2, 0.25) is 0 Å². The number of benzene rings is 1. The van der Waals surface area contributed by atoms with Crippen molar-refractivity contribution in [2.45, 2.75) is 0 Å². The number of hydrogen-bond donors (Lipinski definition) is 3. The average molecular weight is 367 g/mol. The lowest BCUT2D eigenvalue weighted by Crippen LogP contribution is -2.28. The molecule has 0 aliphatic rings. The molecule has 0 unspecified atom stereocenters. The van der Waals surface area contributed by atoms with Crippen molar-refractivity contribution < 1.29 is 5.11 Å². The van der Waals surface area contributed by atoms with Crippen LogP contribution in [-0.2, 0) is 0 Å². The van der Waals surface area contributed by atoms with Gasteiger partial charge in [0.05, 0.1) is 15.2 Å². The zero-order valence-corrected chi connectivity index (χ0v) is 12.3. The van der Waals surface area contributed by atoms with Gasteiger partial charge in [-0.25, -0.2) is 0 Å². The van der Waals surface area contributed by atoms with Gasteiger partial charge in [0, 0.05) is 7.05 Å².